The molecule has 0 atom stereocenters. The largest absolute Gasteiger partial charge is 0.480 e. The Bertz CT molecular complexity index is 428. The van der Waals surface area contributed by atoms with Gasteiger partial charge in [0.05, 0.1) is 0 Å². The maximum Gasteiger partial charge on any atom is 0.323 e. The van der Waals surface area contributed by atoms with E-state index in [1.807, 2.05) is 0 Å². The lowest BCUT2D eigenvalue weighted by Crippen LogP contribution is -2.37. The van der Waals surface area contributed by atoms with Gasteiger partial charge in [0.2, 0.25) is 5.91 Å². The van der Waals surface area contributed by atoms with Gasteiger partial charge in [-0.25, -0.2) is 4.39 Å². The van der Waals surface area contributed by atoms with Crippen LogP contribution in [0.1, 0.15) is 19.4 Å². The van der Waals surface area contributed by atoms with E-state index in [9.17, 15) is 14.0 Å². The third kappa shape index (κ3) is 4.16. The zero-order valence-electron chi connectivity index (χ0n) is 10.4. The topological polar surface area (TPSA) is 57.6 Å². The molecule has 1 amide bonds. The van der Waals surface area contributed by atoms with Crippen LogP contribution in [0, 0.1) is 11.7 Å². The standard InChI is InChI=1S/C13H16FNO3/c1-9(2)13(18)15(8-12(16)17)7-10-3-5-11(14)6-4-10/h3-6,9H,7-8H2,1-2H3,(H,16,17). The Balaban J connectivity index is 2.81. The predicted octanol–water partition coefficient (Wildman–Crippen LogP) is 1.89. The van der Waals surface area contributed by atoms with Crippen LogP contribution in [0.4, 0.5) is 4.39 Å². The molecule has 0 spiro atoms. The second-order valence-corrected chi connectivity index (χ2v) is 4.37. The number of carboxylic acid groups (broad SMARTS) is 1. The quantitative estimate of drug-likeness (QED) is 0.871. The smallest absolute Gasteiger partial charge is 0.323 e. The van der Waals surface area contributed by atoms with E-state index in [4.69, 9.17) is 5.11 Å². The van der Waals surface area contributed by atoms with Crippen molar-refractivity contribution in [3.63, 3.8) is 0 Å². The van der Waals surface area contributed by atoms with Crippen molar-refractivity contribution in [1.29, 1.82) is 0 Å². The van der Waals surface area contributed by atoms with Gasteiger partial charge in [0.25, 0.3) is 0 Å². The number of rotatable bonds is 5. The van der Waals surface area contributed by atoms with Gasteiger partial charge in [0.15, 0.2) is 0 Å². The van der Waals surface area contributed by atoms with Crippen LogP contribution in [0.3, 0.4) is 0 Å². The molecule has 0 aliphatic rings. The highest BCUT2D eigenvalue weighted by atomic mass is 19.1. The number of hydrogen-bond acceptors (Lipinski definition) is 2. The number of carbonyl (C=O) groups excluding carboxylic acids is 1. The summed E-state index contributed by atoms with van der Waals surface area (Å²) in [6, 6.07) is 5.65. The molecule has 1 aromatic rings. The molecule has 0 bridgehead atoms. The van der Waals surface area contributed by atoms with E-state index in [-0.39, 0.29) is 30.7 Å². The van der Waals surface area contributed by atoms with Crippen LogP contribution < -0.4 is 0 Å². The zero-order valence-corrected chi connectivity index (χ0v) is 10.4. The molecular weight excluding hydrogens is 237 g/mol. The number of nitrogens with zero attached hydrogens (tertiary/aromatic N) is 1. The molecule has 18 heavy (non-hydrogen) atoms. The Hall–Kier alpha value is -1.91. The fourth-order valence-electron chi connectivity index (χ4n) is 1.55. The van der Waals surface area contributed by atoms with Gasteiger partial charge in [0.1, 0.15) is 12.4 Å². The van der Waals surface area contributed by atoms with Gasteiger partial charge in [-0.05, 0) is 17.7 Å². The van der Waals surface area contributed by atoms with Gasteiger partial charge in [0, 0.05) is 12.5 Å². The van der Waals surface area contributed by atoms with E-state index in [1.165, 1.54) is 29.2 Å². The van der Waals surface area contributed by atoms with E-state index in [2.05, 4.69) is 0 Å². The highest BCUT2D eigenvalue weighted by Gasteiger charge is 2.19. The summed E-state index contributed by atoms with van der Waals surface area (Å²) in [6.45, 7) is 3.24. The molecule has 0 saturated carbocycles. The fraction of sp³-hybridized carbons (Fsp3) is 0.385. The third-order valence-corrected chi connectivity index (χ3v) is 2.42. The van der Waals surface area contributed by atoms with Gasteiger partial charge in [-0.15, -0.1) is 0 Å². The zero-order chi connectivity index (χ0) is 13.7. The maximum absolute atomic E-state index is 12.7. The maximum atomic E-state index is 12.7. The molecule has 0 heterocycles. The van der Waals surface area contributed by atoms with Gasteiger partial charge >= 0.3 is 5.97 Å². The number of carboxylic acids is 1. The molecule has 0 radical (unpaired) electrons. The molecule has 1 aromatic carbocycles. The van der Waals surface area contributed by atoms with E-state index in [0.29, 0.717) is 5.56 Å². The molecule has 5 heteroatoms. The second-order valence-electron chi connectivity index (χ2n) is 4.37. The summed E-state index contributed by atoms with van der Waals surface area (Å²) in [7, 11) is 0. The fourth-order valence-corrected chi connectivity index (χ4v) is 1.55. The van der Waals surface area contributed by atoms with Gasteiger partial charge in [-0.1, -0.05) is 26.0 Å². The summed E-state index contributed by atoms with van der Waals surface area (Å²) in [5, 5.41) is 8.78. The average molecular weight is 253 g/mol. The molecule has 1 N–H and O–H groups in total. The number of amides is 1. The van der Waals surface area contributed by atoms with Crippen molar-refractivity contribution >= 4 is 11.9 Å². The molecular formula is C13H16FNO3. The van der Waals surface area contributed by atoms with Crippen LogP contribution in [0.15, 0.2) is 24.3 Å². The summed E-state index contributed by atoms with van der Waals surface area (Å²) in [5.41, 5.74) is 0.701. The summed E-state index contributed by atoms with van der Waals surface area (Å²) in [5.74, 6) is -1.93. The lowest BCUT2D eigenvalue weighted by atomic mass is 10.1. The molecule has 0 fully saturated rings. The molecule has 0 unspecified atom stereocenters. The number of carbonyl (C=O) groups is 2. The van der Waals surface area contributed by atoms with Gasteiger partial charge in [-0.2, -0.15) is 0 Å². The van der Waals surface area contributed by atoms with Crippen molar-refractivity contribution < 1.29 is 19.1 Å². The Labute approximate surface area is 105 Å². The number of benzene rings is 1. The summed E-state index contributed by atoms with van der Waals surface area (Å²) >= 11 is 0. The first-order chi connectivity index (χ1) is 8.40. The highest BCUT2D eigenvalue weighted by molar-refractivity contribution is 5.82. The first-order valence-electron chi connectivity index (χ1n) is 5.65. The second kappa shape index (κ2) is 6.14. The van der Waals surface area contributed by atoms with Crippen molar-refractivity contribution in [2.24, 2.45) is 5.92 Å². The molecule has 4 nitrogen and oxygen atoms in total. The summed E-state index contributed by atoms with van der Waals surface area (Å²) < 4.78 is 12.7. The Morgan fingerprint density at radius 2 is 1.83 bits per heavy atom. The van der Waals surface area contributed by atoms with E-state index in [0.717, 1.165) is 0 Å². The third-order valence-electron chi connectivity index (χ3n) is 2.42. The Morgan fingerprint density at radius 3 is 2.28 bits per heavy atom. The summed E-state index contributed by atoms with van der Waals surface area (Å²) in [4.78, 5) is 23.8. The predicted molar refractivity (Wildman–Crippen MR) is 64.3 cm³/mol. The number of hydrogen-bond donors (Lipinski definition) is 1. The van der Waals surface area contributed by atoms with Crippen LogP contribution in [0.25, 0.3) is 0 Å². The monoisotopic (exact) mass is 253 g/mol. The first kappa shape index (κ1) is 14.2. The van der Waals surface area contributed by atoms with Crippen LogP contribution in [0.5, 0.6) is 0 Å². The summed E-state index contributed by atoms with van der Waals surface area (Å²) in [6.07, 6.45) is 0. The van der Waals surface area contributed by atoms with Crippen LogP contribution >= 0.6 is 0 Å². The van der Waals surface area contributed by atoms with E-state index < -0.39 is 5.97 Å². The van der Waals surface area contributed by atoms with Gasteiger partial charge < -0.3 is 10.0 Å². The SMILES string of the molecule is CC(C)C(=O)N(CC(=O)O)Cc1ccc(F)cc1. The minimum absolute atomic E-state index is 0.170. The van der Waals surface area contributed by atoms with Crippen molar-refractivity contribution in [3.8, 4) is 0 Å². The minimum Gasteiger partial charge on any atom is -0.480 e. The highest BCUT2D eigenvalue weighted by Crippen LogP contribution is 2.09. The van der Waals surface area contributed by atoms with Crippen molar-refractivity contribution in [3.05, 3.63) is 35.6 Å². The molecule has 0 saturated heterocycles. The lowest BCUT2D eigenvalue weighted by Gasteiger charge is -2.22. The van der Waals surface area contributed by atoms with E-state index >= 15 is 0 Å². The van der Waals surface area contributed by atoms with Crippen LogP contribution in [-0.4, -0.2) is 28.4 Å². The number of halogens is 1. The Morgan fingerprint density at radius 1 is 1.28 bits per heavy atom. The average Bonchev–Trinajstić information content (AvgIpc) is 2.29. The molecule has 0 aromatic heterocycles. The normalized spacial score (nSPS) is 10.4. The molecule has 0 aliphatic carbocycles. The first-order valence-corrected chi connectivity index (χ1v) is 5.65. The van der Waals surface area contributed by atoms with Gasteiger partial charge in [-0.3, -0.25) is 9.59 Å². The van der Waals surface area contributed by atoms with E-state index in [1.54, 1.807) is 13.8 Å². The molecule has 98 valence electrons. The van der Waals surface area contributed by atoms with Crippen molar-refractivity contribution in [2.45, 2.75) is 20.4 Å². The van der Waals surface area contributed by atoms with Crippen molar-refractivity contribution in [1.82, 2.24) is 4.90 Å². The van der Waals surface area contributed by atoms with Crippen LogP contribution in [0.2, 0.25) is 0 Å². The van der Waals surface area contributed by atoms with Crippen molar-refractivity contribution in [2.75, 3.05) is 6.54 Å². The lowest BCUT2D eigenvalue weighted by molar-refractivity contribution is -0.146. The minimum atomic E-state index is -1.06. The number of aliphatic carboxylic acids is 1. The van der Waals surface area contributed by atoms with Crippen LogP contribution in [-0.2, 0) is 16.1 Å². The molecule has 1 rings (SSSR count). The molecule has 0 aliphatic heterocycles. The Kier molecular flexibility index (Phi) is 4.83.